The molecule has 4 rings (SSSR count). The molecule has 2 atom stereocenters. The fourth-order valence-corrected chi connectivity index (χ4v) is 3.20. The molecule has 220 valence electrons. The van der Waals surface area contributed by atoms with E-state index >= 15 is 0 Å². The first-order valence-electron chi connectivity index (χ1n) is 18.7. The predicted octanol–water partition coefficient (Wildman–Crippen LogP) is 4.80. The van der Waals surface area contributed by atoms with Crippen LogP contribution in [0.5, 0.6) is 0 Å². The molecule has 40 heavy (non-hydrogen) atoms. The summed E-state index contributed by atoms with van der Waals surface area (Å²) in [6.45, 7) is -12.3. The van der Waals surface area contributed by atoms with Crippen LogP contribution in [0.15, 0.2) is 85.2 Å². The van der Waals surface area contributed by atoms with E-state index in [4.69, 9.17) is 35.5 Å². The molecule has 0 amide bonds. The van der Waals surface area contributed by atoms with Gasteiger partial charge in [0.1, 0.15) is 12.2 Å². The first-order valence-corrected chi connectivity index (χ1v) is 12.0. The van der Waals surface area contributed by atoms with Crippen molar-refractivity contribution >= 4 is 24.0 Å². The van der Waals surface area contributed by atoms with Crippen LogP contribution in [-0.4, -0.2) is 88.0 Å². The lowest BCUT2D eigenvalue weighted by molar-refractivity contribution is 0.0638. The number of aryl methyl sites for hydroxylation is 2. The molecule has 2 aromatic carbocycles. The second-order valence-corrected chi connectivity index (χ2v) is 8.46. The van der Waals surface area contributed by atoms with Crippen molar-refractivity contribution in [1.29, 1.82) is 0 Å². The number of hydrogen-bond donors (Lipinski definition) is 1. The van der Waals surface area contributed by atoms with Gasteiger partial charge in [0.25, 0.3) is 0 Å². The number of alkyl halides is 1. The van der Waals surface area contributed by atoms with Crippen molar-refractivity contribution in [3.63, 3.8) is 0 Å². The lowest BCUT2D eigenvalue weighted by Gasteiger charge is -2.20. The quantitative estimate of drug-likeness (QED) is 0.262. The predicted molar refractivity (Wildman–Crippen MR) is 166 cm³/mol. The van der Waals surface area contributed by atoms with E-state index in [1.54, 1.807) is 54.6 Å². The Morgan fingerprint density at radius 2 is 1.32 bits per heavy atom. The first kappa shape index (κ1) is 18.7. The van der Waals surface area contributed by atoms with Crippen LogP contribution in [0.1, 0.15) is 53.9 Å². The third-order valence-electron chi connectivity index (χ3n) is 4.82. The number of likely N-dealkylation sites (N-methyl/N-ethyl adjacent to an activating group) is 1. The zero-order chi connectivity index (χ0) is 40.8. The summed E-state index contributed by atoms with van der Waals surface area (Å²) in [5, 5.41) is 17.7. The van der Waals surface area contributed by atoms with Crippen LogP contribution in [0.3, 0.4) is 0 Å². The van der Waals surface area contributed by atoms with Crippen molar-refractivity contribution in [1.82, 2.24) is 29.4 Å². The summed E-state index contributed by atoms with van der Waals surface area (Å²) < 4.78 is 112. The van der Waals surface area contributed by atoms with Crippen LogP contribution in [0, 0.1) is 0 Å². The van der Waals surface area contributed by atoms with Crippen molar-refractivity contribution in [2.75, 3.05) is 53.6 Å². The molecule has 0 spiro atoms. The van der Waals surface area contributed by atoms with Crippen molar-refractivity contribution in [3.05, 3.63) is 108 Å². The zero-order valence-electron chi connectivity index (χ0n) is 36.6. The maximum absolute atomic E-state index is 10.1. The molecule has 10 heteroatoms. The molecule has 8 nitrogen and oxygen atoms in total. The summed E-state index contributed by atoms with van der Waals surface area (Å²) in [7, 11) is 5.65. The zero-order valence-corrected chi connectivity index (χ0v) is 24.1. The third-order valence-corrected chi connectivity index (χ3v) is 4.91. The third kappa shape index (κ3) is 12.2. The van der Waals surface area contributed by atoms with Crippen molar-refractivity contribution in [3.8, 4) is 0 Å². The number of aliphatic hydroxyl groups is 1. The second kappa shape index (κ2) is 19.4. The van der Waals surface area contributed by atoms with Crippen LogP contribution in [0.2, 0.25) is 0 Å². The van der Waals surface area contributed by atoms with E-state index < -0.39 is 51.5 Å². The number of rotatable bonds is 10. The van der Waals surface area contributed by atoms with E-state index in [9.17, 15) is 5.11 Å². The van der Waals surface area contributed by atoms with Crippen molar-refractivity contribution < 1.29 is 29.0 Å². The Kier molecular flexibility index (Phi) is 9.04. The monoisotopic (exact) mass is 604 g/mol. The highest BCUT2D eigenvalue weighted by atomic mass is 35.5. The SMILES string of the molecule is Cl.[2H]C([2H])(Cl)C([2H])([2H])N(C)C.[2H]C([2H])([2H])n1nccc1C(O)c1ccccc1.[2H]C([2H])([2H])n1nccc1C(OC([2H])([2H])C([2H])([2H])N(C)C)c1ccccc1. The number of aromatic nitrogens is 4. The summed E-state index contributed by atoms with van der Waals surface area (Å²) in [6.07, 6.45) is 0.508. The number of nitrogens with zero attached hydrogens (tertiary/aromatic N) is 6. The Hall–Kier alpha value is -2.72. The van der Waals surface area contributed by atoms with Gasteiger partial charge >= 0.3 is 0 Å². The minimum atomic E-state index is -2.74. The van der Waals surface area contributed by atoms with Gasteiger partial charge in [0.05, 0.1) is 20.7 Å². The highest BCUT2D eigenvalue weighted by Gasteiger charge is 2.17. The van der Waals surface area contributed by atoms with E-state index in [2.05, 4.69) is 10.2 Å². The molecule has 0 fully saturated rings. The van der Waals surface area contributed by atoms with Crippen LogP contribution >= 0.6 is 24.0 Å². The molecule has 0 aliphatic carbocycles. The van der Waals surface area contributed by atoms with E-state index in [0.717, 1.165) is 19.2 Å². The van der Waals surface area contributed by atoms with Crippen LogP contribution in [0.25, 0.3) is 0 Å². The highest BCUT2D eigenvalue weighted by molar-refractivity contribution is 6.18. The molecule has 2 heterocycles. The van der Waals surface area contributed by atoms with Crippen LogP contribution in [0.4, 0.5) is 0 Å². The van der Waals surface area contributed by atoms with Gasteiger partial charge < -0.3 is 19.6 Å². The minimum absolute atomic E-state index is 0. The lowest BCUT2D eigenvalue weighted by atomic mass is 10.1. The van der Waals surface area contributed by atoms with Crippen LogP contribution < -0.4 is 0 Å². The Labute approximate surface area is 270 Å². The minimum Gasteiger partial charge on any atom is -0.382 e. The number of halogens is 2. The van der Waals surface area contributed by atoms with E-state index in [0.29, 0.717) is 11.1 Å². The Morgan fingerprint density at radius 3 is 1.80 bits per heavy atom. The van der Waals surface area contributed by atoms with Crippen molar-refractivity contribution in [2.45, 2.75) is 12.2 Å². The lowest BCUT2D eigenvalue weighted by Crippen LogP contribution is -2.20. The van der Waals surface area contributed by atoms with Gasteiger partial charge in [0.15, 0.2) is 0 Å². The van der Waals surface area contributed by atoms with Gasteiger partial charge in [-0.3, -0.25) is 9.36 Å². The average Bonchev–Trinajstić information content (AvgIpc) is 3.75. The maximum Gasteiger partial charge on any atom is 0.124 e. The Balaban J connectivity index is 0.000000447. The number of ether oxygens (including phenoxy) is 1. The molecule has 0 radical (unpaired) electrons. The normalized spacial score (nSPS) is 19.3. The number of benzene rings is 2. The number of hydrogen-bond acceptors (Lipinski definition) is 6. The molecule has 0 aliphatic rings. The Morgan fingerprint density at radius 1 is 0.825 bits per heavy atom. The van der Waals surface area contributed by atoms with Gasteiger partial charge in [-0.05, 0) is 51.5 Å². The van der Waals surface area contributed by atoms with Gasteiger partial charge in [-0.25, -0.2) is 0 Å². The standard InChI is InChI=1S/C15H21N3O.C11H12N2O.C4H10ClN.ClH/c1-17(2)11-12-19-15(13-7-5-4-6-8-13)14-9-10-16-18(14)3;1-13-10(7-8-12-13)11(14)9-5-3-2-4-6-9;1-6(2)4-3-5;/h4-10,15H,11-12H2,1-3H3;2-8,11,14H,1H3;3-4H2,1-2H3;1H/i3D3,11D2,12D2;1D3;3D2,4D2;. The summed E-state index contributed by atoms with van der Waals surface area (Å²) >= 11 is 5.14. The summed E-state index contributed by atoms with van der Waals surface area (Å²) in [4.78, 5) is 2.16. The second-order valence-electron chi connectivity index (χ2n) is 8.27. The highest BCUT2D eigenvalue weighted by Crippen LogP contribution is 2.25. The fraction of sp³-hybridized carbons (Fsp3) is 0.400. The molecule has 0 aliphatic heterocycles. The molecule has 4 aromatic rings. The van der Waals surface area contributed by atoms with Gasteiger partial charge in [0, 0.05) is 61.6 Å². The largest absolute Gasteiger partial charge is 0.382 e. The first-order chi connectivity index (χ1) is 24.1. The van der Waals surface area contributed by atoms with Gasteiger partial charge in [-0.2, -0.15) is 10.2 Å². The molecule has 0 saturated heterocycles. The molecule has 0 bridgehead atoms. The molecule has 2 unspecified atom stereocenters. The molecule has 1 N–H and O–H groups in total. The van der Waals surface area contributed by atoms with E-state index in [-0.39, 0.29) is 23.8 Å². The van der Waals surface area contributed by atoms with Gasteiger partial charge in [-0.1, -0.05) is 60.7 Å². The smallest absolute Gasteiger partial charge is 0.124 e. The fourth-order valence-electron chi connectivity index (χ4n) is 3.03. The van der Waals surface area contributed by atoms with Gasteiger partial charge in [-0.15, -0.1) is 24.0 Å². The van der Waals surface area contributed by atoms with E-state index in [1.165, 1.54) is 52.7 Å². The maximum atomic E-state index is 10.1. The summed E-state index contributed by atoms with van der Waals surface area (Å²) in [5.74, 6) is -2.35. The molecular formula is C30H44Cl2N6O2. The van der Waals surface area contributed by atoms with Gasteiger partial charge in [0.2, 0.25) is 0 Å². The van der Waals surface area contributed by atoms with Crippen LogP contribution in [-0.2, 0) is 18.7 Å². The molecular weight excluding hydrogens is 547 g/mol. The average molecular weight is 606 g/mol. The number of aliphatic hydroxyl groups excluding tert-OH is 1. The van der Waals surface area contributed by atoms with E-state index in [1.807, 2.05) is 6.07 Å². The topological polar surface area (TPSA) is 71.6 Å². The molecule has 0 saturated carbocycles. The summed E-state index contributed by atoms with van der Waals surface area (Å²) in [5.41, 5.74) is 1.49. The summed E-state index contributed by atoms with van der Waals surface area (Å²) in [6, 6.07) is 20.3. The van der Waals surface area contributed by atoms with Crippen molar-refractivity contribution in [2.24, 2.45) is 14.0 Å². The Bertz CT molecular complexity index is 1700. The molecule has 2 aromatic heterocycles.